The zero-order valence-corrected chi connectivity index (χ0v) is 22.7. The molecule has 3 N–H and O–H groups in total. The van der Waals surface area contributed by atoms with Crippen molar-refractivity contribution < 1.29 is 23.9 Å². The number of hydrogen-bond acceptors (Lipinski definition) is 5. The molecule has 2 aromatic rings. The number of carbonyl (C=O) groups excluding carboxylic acids is 4. The van der Waals surface area contributed by atoms with Gasteiger partial charge in [0.1, 0.15) is 0 Å². The summed E-state index contributed by atoms with van der Waals surface area (Å²) in [6.07, 6.45) is 1.90. The molecular formula is C28H32BClN4O5. The molecule has 204 valence electrons. The number of amides is 4. The molecule has 11 heteroatoms. The third-order valence-electron chi connectivity index (χ3n) is 6.82. The number of benzene rings is 2. The number of nitrogens with zero attached hydrogens (tertiary/aromatic N) is 1. The second-order valence-corrected chi connectivity index (χ2v) is 10.2. The topological polar surface area (TPSA) is 117 Å². The van der Waals surface area contributed by atoms with Crippen molar-refractivity contribution in [2.24, 2.45) is 0 Å². The zero-order chi connectivity index (χ0) is 27.9. The molecule has 9 nitrogen and oxygen atoms in total. The maximum absolute atomic E-state index is 13.3. The number of nitrogens with one attached hydrogen (secondary N) is 3. The van der Waals surface area contributed by atoms with Gasteiger partial charge >= 0.3 is 182 Å². The van der Waals surface area contributed by atoms with Crippen molar-refractivity contribution in [3.63, 3.8) is 0 Å². The standard InChI is InChI=1S/C28H32BClN4O5/c1-17(31-26(36)20-10-11-22(21(30)15-20)32-18(2)35)28(38)34-14-6-9-24(34)27(37)33-23-12-13-29-25(23)39-16-19-7-4-3-5-8-19/h3-5,7-8,10-11,13,15,17,23-25H,6,9,12,14,16H2,1-2H3,(H,31,36)(H,32,35)(H,33,37). The molecule has 39 heavy (non-hydrogen) atoms. The molecule has 0 radical (unpaired) electrons. The Morgan fingerprint density at radius 3 is 2.64 bits per heavy atom. The van der Waals surface area contributed by atoms with Gasteiger partial charge in [0.2, 0.25) is 5.91 Å². The average Bonchev–Trinajstić information content (AvgIpc) is 3.58. The number of anilines is 1. The van der Waals surface area contributed by atoms with Crippen molar-refractivity contribution in [2.45, 2.75) is 63.8 Å². The monoisotopic (exact) mass is 550 g/mol. The van der Waals surface area contributed by atoms with Crippen LogP contribution in [0.2, 0.25) is 5.02 Å². The molecule has 1 saturated heterocycles. The summed E-state index contributed by atoms with van der Waals surface area (Å²) in [6, 6.07) is 12.4. The van der Waals surface area contributed by atoms with Gasteiger partial charge in [-0.3, -0.25) is 4.79 Å². The summed E-state index contributed by atoms with van der Waals surface area (Å²) in [5.41, 5.74) is 1.69. The Labute approximate surface area is 233 Å². The van der Waals surface area contributed by atoms with E-state index in [9.17, 15) is 19.2 Å². The van der Waals surface area contributed by atoms with Gasteiger partial charge in [0.15, 0.2) is 0 Å². The normalized spacial score (nSPS) is 20.7. The van der Waals surface area contributed by atoms with Crippen LogP contribution in [0.25, 0.3) is 0 Å². The van der Waals surface area contributed by atoms with Crippen LogP contribution in [0.5, 0.6) is 0 Å². The molecule has 2 heterocycles. The van der Waals surface area contributed by atoms with Crippen LogP contribution in [0.15, 0.2) is 48.5 Å². The van der Waals surface area contributed by atoms with E-state index >= 15 is 0 Å². The molecular weight excluding hydrogens is 519 g/mol. The Hall–Kier alpha value is -3.50. The van der Waals surface area contributed by atoms with Crippen molar-refractivity contribution >= 4 is 53.8 Å². The number of likely N-dealkylation sites (tertiary alicyclic amines) is 1. The Morgan fingerprint density at radius 2 is 1.92 bits per heavy atom. The van der Waals surface area contributed by atoms with Gasteiger partial charge in [-0.2, -0.15) is 0 Å². The summed E-state index contributed by atoms with van der Waals surface area (Å²) < 4.78 is 6.04. The van der Waals surface area contributed by atoms with Gasteiger partial charge in [0.05, 0.1) is 10.7 Å². The van der Waals surface area contributed by atoms with Crippen LogP contribution < -0.4 is 16.0 Å². The molecule has 0 aliphatic carbocycles. The fraction of sp³-hybridized carbons (Fsp3) is 0.393. The fourth-order valence-corrected chi connectivity index (χ4v) is 5.05. The predicted octanol–water partition coefficient (Wildman–Crippen LogP) is 2.35. The summed E-state index contributed by atoms with van der Waals surface area (Å²) in [5.74, 6) is 0.676. The van der Waals surface area contributed by atoms with Crippen LogP contribution in [-0.4, -0.2) is 72.1 Å². The number of carbonyl (C=O) groups is 4. The average molecular weight is 551 g/mol. The predicted molar refractivity (Wildman–Crippen MR) is 151 cm³/mol. The summed E-state index contributed by atoms with van der Waals surface area (Å²) in [4.78, 5) is 52.1. The van der Waals surface area contributed by atoms with Crippen molar-refractivity contribution in [2.75, 3.05) is 11.9 Å². The first-order valence-corrected chi connectivity index (χ1v) is 13.4. The van der Waals surface area contributed by atoms with Crippen molar-refractivity contribution in [3.8, 4) is 0 Å². The summed E-state index contributed by atoms with van der Waals surface area (Å²) in [6.45, 7) is 5.78. The molecule has 4 unspecified atom stereocenters. The van der Waals surface area contributed by atoms with E-state index in [1.807, 2.05) is 43.2 Å². The molecule has 2 aliphatic rings. The van der Waals surface area contributed by atoms with E-state index in [4.69, 9.17) is 16.3 Å². The zero-order valence-electron chi connectivity index (χ0n) is 22.0. The van der Waals surface area contributed by atoms with Gasteiger partial charge in [-0.15, -0.1) is 0 Å². The number of rotatable bonds is 9. The van der Waals surface area contributed by atoms with E-state index in [0.717, 1.165) is 5.56 Å². The molecule has 4 rings (SSSR count). The minimum absolute atomic E-state index is 0.207. The molecule has 2 aromatic carbocycles. The summed E-state index contributed by atoms with van der Waals surface area (Å²) in [5, 5.41) is 8.55. The molecule has 0 bridgehead atoms. The smallest absolute Gasteiger partial charge is 0.0820 e. The van der Waals surface area contributed by atoms with Crippen LogP contribution >= 0.6 is 11.6 Å². The minimum atomic E-state index is -0.852. The molecule has 4 amide bonds. The Morgan fingerprint density at radius 1 is 1.15 bits per heavy atom. The Balaban J connectivity index is 1.32. The fourth-order valence-electron chi connectivity index (χ4n) is 4.83. The number of hydrogen-bond donors (Lipinski definition) is 3. The van der Waals surface area contributed by atoms with Crippen LogP contribution in [0.3, 0.4) is 0 Å². The van der Waals surface area contributed by atoms with Crippen LogP contribution in [0.4, 0.5) is 5.69 Å². The second-order valence-electron chi connectivity index (χ2n) is 9.80. The van der Waals surface area contributed by atoms with Gasteiger partial charge in [-0.25, -0.2) is 0 Å². The van der Waals surface area contributed by atoms with Crippen LogP contribution in [-0.2, 0) is 25.7 Å². The van der Waals surface area contributed by atoms with E-state index in [1.165, 1.54) is 30.0 Å². The van der Waals surface area contributed by atoms with Crippen LogP contribution in [0.1, 0.15) is 49.0 Å². The first-order chi connectivity index (χ1) is 18.7. The van der Waals surface area contributed by atoms with E-state index in [0.29, 0.717) is 38.1 Å². The van der Waals surface area contributed by atoms with Gasteiger partial charge in [0, 0.05) is 6.92 Å². The molecule has 1 fully saturated rings. The molecule has 0 spiro atoms. The summed E-state index contributed by atoms with van der Waals surface area (Å²) >= 11 is 6.18. The summed E-state index contributed by atoms with van der Waals surface area (Å²) in [7, 11) is 0. The van der Waals surface area contributed by atoms with Gasteiger partial charge in [-0.1, -0.05) is 11.6 Å². The molecule has 0 saturated carbocycles. The molecule has 0 aromatic heterocycles. The quantitative estimate of drug-likeness (QED) is 0.415. The molecule has 2 aliphatic heterocycles. The Bertz CT molecular complexity index is 1260. The van der Waals surface area contributed by atoms with Gasteiger partial charge < -0.3 is 5.32 Å². The van der Waals surface area contributed by atoms with E-state index in [1.54, 1.807) is 6.92 Å². The second kappa shape index (κ2) is 13.0. The number of halogens is 1. The van der Waals surface area contributed by atoms with Crippen LogP contribution in [0, 0.1) is 0 Å². The van der Waals surface area contributed by atoms with E-state index in [-0.39, 0.29) is 40.4 Å². The minimum Gasteiger partial charge on any atom is -0.0820 e. The van der Waals surface area contributed by atoms with Gasteiger partial charge in [-0.05, 0) is 6.07 Å². The molecule has 4 atom stereocenters. The third-order valence-corrected chi connectivity index (χ3v) is 7.14. The SMILES string of the molecule is CC(=O)Nc1ccc(C(=O)NC(C)C(=O)N2CCCC2C(=O)NC2CC=BC2OCc2ccccc2)cc1Cl. The maximum atomic E-state index is 13.3. The first kappa shape index (κ1) is 28.5. The van der Waals surface area contributed by atoms with Crippen molar-refractivity contribution in [1.82, 2.24) is 15.5 Å². The Kier molecular flexibility index (Phi) is 9.53. The van der Waals surface area contributed by atoms with E-state index < -0.39 is 18.0 Å². The van der Waals surface area contributed by atoms with E-state index in [2.05, 4.69) is 16.0 Å². The number of ether oxygens (including phenoxy) is 1. The third kappa shape index (κ3) is 7.33. The van der Waals surface area contributed by atoms with Crippen molar-refractivity contribution in [3.05, 3.63) is 64.7 Å². The van der Waals surface area contributed by atoms with Crippen molar-refractivity contribution in [1.29, 1.82) is 0 Å². The first-order valence-electron chi connectivity index (χ1n) is 13.0. The van der Waals surface area contributed by atoms with Gasteiger partial charge in [0.25, 0.3) is 0 Å².